The first-order valence-electron chi connectivity index (χ1n) is 6.07. The molecule has 1 aromatic carbocycles. The van der Waals surface area contributed by atoms with E-state index in [4.69, 9.17) is 21.1 Å². The summed E-state index contributed by atoms with van der Waals surface area (Å²) in [5.41, 5.74) is 2.66. The van der Waals surface area contributed by atoms with Crippen molar-refractivity contribution in [1.82, 2.24) is 4.98 Å². The van der Waals surface area contributed by atoms with Crippen LogP contribution in [0.4, 0.5) is 0 Å². The molecule has 0 amide bonds. The quantitative estimate of drug-likeness (QED) is 0.875. The van der Waals surface area contributed by atoms with E-state index >= 15 is 0 Å². The van der Waals surface area contributed by atoms with Crippen molar-refractivity contribution in [1.29, 1.82) is 0 Å². The predicted molar refractivity (Wildman–Crippen MR) is 74.9 cm³/mol. The van der Waals surface area contributed by atoms with Crippen LogP contribution in [0.15, 0.2) is 12.1 Å². The van der Waals surface area contributed by atoms with Gasteiger partial charge < -0.3 is 14.5 Å². The van der Waals surface area contributed by atoms with Gasteiger partial charge in [0.25, 0.3) is 0 Å². The fourth-order valence-corrected chi connectivity index (χ4v) is 2.51. The summed E-state index contributed by atoms with van der Waals surface area (Å²) in [6.45, 7) is 4.07. The average molecular weight is 282 g/mol. The van der Waals surface area contributed by atoms with Crippen LogP contribution in [0.25, 0.3) is 10.9 Å². The van der Waals surface area contributed by atoms with Gasteiger partial charge in [-0.15, -0.1) is 0 Å². The van der Waals surface area contributed by atoms with E-state index in [0.717, 1.165) is 22.2 Å². The Morgan fingerprint density at radius 2 is 2.16 bits per heavy atom. The standard InChI is InChI=1S/C14H16ClNO3/c1-4-19-12(17)7-9-8(2)16-10-5-6-11(18-3)14(15)13(9)10/h5-6,16H,4,7H2,1-3H3. The lowest BCUT2D eigenvalue weighted by molar-refractivity contribution is -0.142. The van der Waals surface area contributed by atoms with E-state index in [2.05, 4.69) is 4.98 Å². The maximum absolute atomic E-state index is 11.7. The van der Waals surface area contributed by atoms with Crippen LogP contribution in [0.1, 0.15) is 18.2 Å². The van der Waals surface area contributed by atoms with Gasteiger partial charge in [-0.25, -0.2) is 0 Å². The molecule has 0 aliphatic heterocycles. The molecule has 0 unspecified atom stereocenters. The van der Waals surface area contributed by atoms with E-state index in [-0.39, 0.29) is 12.4 Å². The SMILES string of the molecule is CCOC(=O)Cc1c(C)[nH]c2ccc(OC)c(Cl)c12. The second-order valence-electron chi connectivity index (χ2n) is 4.21. The molecule has 2 aromatic rings. The van der Waals surface area contributed by atoms with Crippen LogP contribution in [0, 0.1) is 6.92 Å². The minimum absolute atomic E-state index is 0.201. The van der Waals surface area contributed by atoms with Crippen molar-refractivity contribution in [2.24, 2.45) is 0 Å². The highest BCUT2D eigenvalue weighted by molar-refractivity contribution is 6.37. The molecule has 4 nitrogen and oxygen atoms in total. The van der Waals surface area contributed by atoms with Crippen molar-refractivity contribution in [2.75, 3.05) is 13.7 Å². The van der Waals surface area contributed by atoms with Gasteiger partial charge in [0.1, 0.15) is 5.75 Å². The fraction of sp³-hybridized carbons (Fsp3) is 0.357. The Kier molecular flexibility index (Phi) is 4.00. The van der Waals surface area contributed by atoms with Gasteiger partial charge in [0.15, 0.2) is 0 Å². The van der Waals surface area contributed by atoms with E-state index < -0.39 is 0 Å². The zero-order chi connectivity index (χ0) is 14.0. The number of ether oxygens (including phenoxy) is 2. The van der Waals surface area contributed by atoms with Crippen molar-refractivity contribution in [3.05, 3.63) is 28.4 Å². The number of benzene rings is 1. The Bertz CT molecular complexity index is 619. The van der Waals surface area contributed by atoms with Gasteiger partial charge >= 0.3 is 5.97 Å². The van der Waals surface area contributed by atoms with Gasteiger partial charge in [-0.2, -0.15) is 0 Å². The number of fused-ring (bicyclic) bond motifs is 1. The molecule has 2 rings (SSSR count). The van der Waals surface area contributed by atoms with Crippen molar-refractivity contribution < 1.29 is 14.3 Å². The van der Waals surface area contributed by atoms with Crippen LogP contribution in [-0.2, 0) is 16.0 Å². The second kappa shape index (κ2) is 5.53. The van der Waals surface area contributed by atoms with Gasteiger partial charge in [-0.3, -0.25) is 4.79 Å². The Morgan fingerprint density at radius 1 is 1.42 bits per heavy atom. The first kappa shape index (κ1) is 13.7. The third kappa shape index (κ3) is 2.54. The molecule has 0 aliphatic carbocycles. The number of nitrogens with one attached hydrogen (secondary N) is 1. The van der Waals surface area contributed by atoms with Crippen LogP contribution in [-0.4, -0.2) is 24.7 Å². The number of aromatic amines is 1. The Balaban J connectivity index is 2.53. The van der Waals surface area contributed by atoms with Gasteiger partial charge in [0.2, 0.25) is 0 Å². The van der Waals surface area contributed by atoms with E-state index in [9.17, 15) is 4.79 Å². The zero-order valence-corrected chi connectivity index (χ0v) is 11.9. The van der Waals surface area contributed by atoms with Crippen molar-refractivity contribution >= 4 is 28.5 Å². The minimum atomic E-state index is -0.259. The number of halogens is 1. The molecule has 0 fully saturated rings. The summed E-state index contributed by atoms with van der Waals surface area (Å²) in [6.07, 6.45) is 0.201. The number of rotatable bonds is 4. The topological polar surface area (TPSA) is 51.3 Å². The second-order valence-corrected chi connectivity index (χ2v) is 4.59. The zero-order valence-electron chi connectivity index (χ0n) is 11.2. The summed E-state index contributed by atoms with van der Waals surface area (Å²) in [5, 5.41) is 1.34. The number of H-pyrrole nitrogens is 1. The van der Waals surface area contributed by atoms with Gasteiger partial charge in [-0.1, -0.05) is 11.6 Å². The lowest BCUT2D eigenvalue weighted by Gasteiger charge is -2.06. The molecule has 5 heteroatoms. The van der Waals surface area contributed by atoms with Crippen LogP contribution in [0.2, 0.25) is 5.02 Å². The monoisotopic (exact) mass is 281 g/mol. The Labute approximate surface area is 116 Å². The number of carbonyl (C=O) groups excluding carboxylic acids is 1. The molecule has 0 radical (unpaired) electrons. The molecule has 1 heterocycles. The van der Waals surface area contributed by atoms with Gasteiger partial charge in [-0.05, 0) is 31.5 Å². The Morgan fingerprint density at radius 3 is 2.79 bits per heavy atom. The minimum Gasteiger partial charge on any atom is -0.495 e. The summed E-state index contributed by atoms with van der Waals surface area (Å²) in [7, 11) is 1.57. The molecule has 0 spiro atoms. The van der Waals surface area contributed by atoms with E-state index in [0.29, 0.717) is 17.4 Å². The molecule has 1 aromatic heterocycles. The van der Waals surface area contributed by atoms with Crippen molar-refractivity contribution in [3.8, 4) is 5.75 Å². The van der Waals surface area contributed by atoms with Crippen LogP contribution < -0.4 is 4.74 Å². The van der Waals surface area contributed by atoms with Crippen LogP contribution in [0.3, 0.4) is 0 Å². The van der Waals surface area contributed by atoms with Gasteiger partial charge in [0.05, 0.1) is 25.2 Å². The number of carbonyl (C=O) groups is 1. The lowest BCUT2D eigenvalue weighted by atomic mass is 10.1. The number of hydrogen-bond donors (Lipinski definition) is 1. The van der Waals surface area contributed by atoms with E-state index in [1.54, 1.807) is 20.1 Å². The summed E-state index contributed by atoms with van der Waals surface area (Å²) in [6, 6.07) is 3.69. The highest BCUT2D eigenvalue weighted by atomic mass is 35.5. The predicted octanol–water partition coefficient (Wildman–Crippen LogP) is 3.24. The summed E-state index contributed by atoms with van der Waals surface area (Å²) in [5.74, 6) is 0.337. The molecular formula is C14H16ClNO3. The maximum atomic E-state index is 11.7. The highest BCUT2D eigenvalue weighted by Gasteiger charge is 2.17. The van der Waals surface area contributed by atoms with E-state index in [1.807, 2.05) is 13.0 Å². The molecule has 0 aliphatic rings. The summed E-state index contributed by atoms with van der Waals surface area (Å²) < 4.78 is 10.2. The number of esters is 1. The number of hydrogen-bond acceptors (Lipinski definition) is 3. The molecule has 0 saturated carbocycles. The van der Waals surface area contributed by atoms with Crippen LogP contribution in [0.5, 0.6) is 5.75 Å². The molecule has 0 bridgehead atoms. The number of aryl methyl sites for hydroxylation is 1. The number of methoxy groups -OCH3 is 1. The molecule has 1 N–H and O–H groups in total. The smallest absolute Gasteiger partial charge is 0.310 e. The first-order valence-corrected chi connectivity index (χ1v) is 6.45. The first-order chi connectivity index (χ1) is 9.08. The van der Waals surface area contributed by atoms with Crippen molar-refractivity contribution in [3.63, 3.8) is 0 Å². The third-order valence-corrected chi connectivity index (χ3v) is 3.40. The molecular weight excluding hydrogens is 266 g/mol. The molecule has 19 heavy (non-hydrogen) atoms. The van der Waals surface area contributed by atoms with Crippen molar-refractivity contribution in [2.45, 2.75) is 20.3 Å². The largest absolute Gasteiger partial charge is 0.495 e. The molecule has 0 atom stereocenters. The van der Waals surface area contributed by atoms with Crippen LogP contribution >= 0.6 is 11.6 Å². The Hall–Kier alpha value is -1.68. The fourth-order valence-electron chi connectivity index (χ4n) is 2.16. The molecule has 102 valence electrons. The number of aromatic nitrogens is 1. The molecule has 0 saturated heterocycles. The average Bonchev–Trinajstić information content (AvgIpc) is 2.67. The van der Waals surface area contributed by atoms with Gasteiger partial charge in [0, 0.05) is 16.6 Å². The summed E-state index contributed by atoms with van der Waals surface area (Å²) in [4.78, 5) is 14.9. The van der Waals surface area contributed by atoms with E-state index in [1.165, 1.54) is 0 Å². The normalized spacial score (nSPS) is 10.7. The maximum Gasteiger partial charge on any atom is 0.310 e. The highest BCUT2D eigenvalue weighted by Crippen LogP contribution is 2.36. The lowest BCUT2D eigenvalue weighted by Crippen LogP contribution is -2.08. The third-order valence-electron chi connectivity index (χ3n) is 3.03. The summed E-state index contributed by atoms with van der Waals surface area (Å²) >= 11 is 6.32.